The van der Waals surface area contributed by atoms with E-state index in [0.717, 1.165) is 6.04 Å². The maximum atomic E-state index is 3.61. The summed E-state index contributed by atoms with van der Waals surface area (Å²) in [4.78, 5) is 2.63. The van der Waals surface area contributed by atoms with Gasteiger partial charge in [0, 0.05) is 24.3 Å². The Balaban J connectivity index is 1.59. The molecule has 2 heteroatoms. The van der Waals surface area contributed by atoms with E-state index in [9.17, 15) is 0 Å². The molecule has 0 aliphatic carbocycles. The van der Waals surface area contributed by atoms with Crippen molar-refractivity contribution in [3.8, 4) is 0 Å². The number of nitrogens with zero attached hydrogens (tertiary/aromatic N) is 1. The Morgan fingerprint density at radius 2 is 2.16 bits per heavy atom. The van der Waals surface area contributed by atoms with Crippen molar-refractivity contribution in [2.24, 2.45) is 0 Å². The zero-order chi connectivity index (χ0) is 13.1. The van der Waals surface area contributed by atoms with Crippen molar-refractivity contribution in [2.45, 2.75) is 57.5 Å². The first-order valence-corrected chi connectivity index (χ1v) is 7.92. The van der Waals surface area contributed by atoms with Crippen molar-refractivity contribution in [1.82, 2.24) is 5.32 Å². The van der Waals surface area contributed by atoms with Crippen LogP contribution in [0.15, 0.2) is 24.3 Å². The predicted octanol–water partition coefficient (Wildman–Crippen LogP) is 3.36. The third-order valence-corrected chi connectivity index (χ3v) is 4.78. The fraction of sp³-hybridized carbons (Fsp3) is 0.647. The molecule has 0 bridgehead atoms. The quantitative estimate of drug-likeness (QED) is 0.891. The lowest BCUT2D eigenvalue weighted by Crippen LogP contribution is -2.38. The summed E-state index contributed by atoms with van der Waals surface area (Å²) in [5, 5.41) is 3.61. The van der Waals surface area contributed by atoms with Crippen molar-refractivity contribution >= 4 is 5.69 Å². The predicted molar refractivity (Wildman–Crippen MR) is 81.8 cm³/mol. The summed E-state index contributed by atoms with van der Waals surface area (Å²) in [5.74, 6) is 0. The second-order valence-corrected chi connectivity index (χ2v) is 6.15. The highest BCUT2D eigenvalue weighted by Gasteiger charge is 2.22. The van der Waals surface area contributed by atoms with Crippen LogP contribution in [0.3, 0.4) is 0 Å². The van der Waals surface area contributed by atoms with Gasteiger partial charge in [0.1, 0.15) is 0 Å². The molecular weight excluding hydrogens is 232 g/mol. The molecule has 0 radical (unpaired) electrons. The summed E-state index contributed by atoms with van der Waals surface area (Å²) in [6.07, 6.45) is 7.96. The largest absolute Gasteiger partial charge is 0.369 e. The van der Waals surface area contributed by atoms with Gasteiger partial charge in [0.05, 0.1) is 0 Å². The Hall–Kier alpha value is -1.02. The lowest BCUT2D eigenvalue weighted by Gasteiger charge is -2.37. The number of nitrogens with one attached hydrogen (secondary N) is 1. The molecule has 0 aromatic heterocycles. The molecule has 1 N–H and O–H groups in total. The van der Waals surface area contributed by atoms with Gasteiger partial charge in [-0.15, -0.1) is 0 Å². The van der Waals surface area contributed by atoms with E-state index >= 15 is 0 Å². The lowest BCUT2D eigenvalue weighted by atomic mass is 9.96. The van der Waals surface area contributed by atoms with E-state index in [0.29, 0.717) is 6.04 Å². The highest BCUT2D eigenvalue weighted by molar-refractivity contribution is 5.56. The first-order valence-electron chi connectivity index (χ1n) is 7.92. The number of hydrogen-bond acceptors (Lipinski definition) is 2. The normalized spacial score (nSPS) is 26.5. The minimum absolute atomic E-state index is 0.700. The van der Waals surface area contributed by atoms with Crippen LogP contribution in [-0.4, -0.2) is 25.2 Å². The molecule has 1 aromatic carbocycles. The maximum Gasteiger partial charge on any atom is 0.0401 e. The van der Waals surface area contributed by atoms with Crippen LogP contribution in [0.5, 0.6) is 0 Å². The molecule has 0 amide bonds. The van der Waals surface area contributed by atoms with E-state index in [-0.39, 0.29) is 0 Å². The van der Waals surface area contributed by atoms with Crippen LogP contribution in [0.2, 0.25) is 0 Å². The van der Waals surface area contributed by atoms with Crippen LogP contribution in [0, 0.1) is 0 Å². The third kappa shape index (κ3) is 2.94. The van der Waals surface area contributed by atoms with Gasteiger partial charge < -0.3 is 10.2 Å². The molecule has 1 fully saturated rings. The highest BCUT2D eigenvalue weighted by Crippen LogP contribution is 2.30. The van der Waals surface area contributed by atoms with E-state index < -0.39 is 0 Å². The highest BCUT2D eigenvalue weighted by atomic mass is 15.2. The molecule has 0 saturated carbocycles. The summed E-state index contributed by atoms with van der Waals surface area (Å²) in [6, 6.07) is 10.4. The van der Waals surface area contributed by atoms with Gasteiger partial charge in [-0.1, -0.05) is 18.2 Å². The zero-order valence-corrected chi connectivity index (χ0v) is 12.1. The SMILES string of the molecule is CC1CCc2ccccc2N1CCCC1CCCN1. The van der Waals surface area contributed by atoms with Gasteiger partial charge in [0.2, 0.25) is 0 Å². The van der Waals surface area contributed by atoms with Crippen molar-refractivity contribution < 1.29 is 0 Å². The Morgan fingerprint density at radius 3 is 3.00 bits per heavy atom. The second kappa shape index (κ2) is 5.96. The van der Waals surface area contributed by atoms with E-state index in [1.54, 1.807) is 5.56 Å². The molecule has 19 heavy (non-hydrogen) atoms. The molecule has 2 aliphatic heterocycles. The third-order valence-electron chi connectivity index (χ3n) is 4.78. The summed E-state index contributed by atoms with van der Waals surface area (Å²) in [6.45, 7) is 4.83. The fourth-order valence-electron chi connectivity index (χ4n) is 3.61. The van der Waals surface area contributed by atoms with Gasteiger partial charge in [0.25, 0.3) is 0 Å². The van der Waals surface area contributed by atoms with E-state index in [4.69, 9.17) is 0 Å². The molecule has 2 atom stereocenters. The lowest BCUT2D eigenvalue weighted by molar-refractivity contribution is 0.501. The van der Waals surface area contributed by atoms with Gasteiger partial charge in [-0.3, -0.25) is 0 Å². The van der Waals surface area contributed by atoms with Crippen LogP contribution in [-0.2, 0) is 6.42 Å². The topological polar surface area (TPSA) is 15.3 Å². The number of para-hydroxylation sites is 1. The van der Waals surface area contributed by atoms with E-state index in [1.807, 2.05) is 0 Å². The standard InChI is InChI=1S/C17H26N2/c1-14-10-11-15-6-2-3-9-17(15)19(14)13-5-8-16-7-4-12-18-16/h2-3,6,9,14,16,18H,4-5,7-8,10-13H2,1H3. The summed E-state index contributed by atoms with van der Waals surface area (Å²) in [7, 11) is 0. The molecule has 104 valence electrons. The van der Waals surface area contributed by atoms with Crippen LogP contribution in [0.4, 0.5) is 5.69 Å². The van der Waals surface area contributed by atoms with Crippen LogP contribution < -0.4 is 10.2 Å². The van der Waals surface area contributed by atoms with Crippen molar-refractivity contribution in [1.29, 1.82) is 0 Å². The van der Waals surface area contributed by atoms with E-state index in [2.05, 4.69) is 41.4 Å². The van der Waals surface area contributed by atoms with E-state index in [1.165, 1.54) is 57.3 Å². The van der Waals surface area contributed by atoms with Crippen LogP contribution in [0.25, 0.3) is 0 Å². The molecule has 2 aliphatic rings. The van der Waals surface area contributed by atoms with Crippen molar-refractivity contribution in [2.75, 3.05) is 18.0 Å². The van der Waals surface area contributed by atoms with Gasteiger partial charge in [-0.2, -0.15) is 0 Å². The maximum absolute atomic E-state index is 3.61. The number of rotatable bonds is 4. The monoisotopic (exact) mass is 258 g/mol. The number of fused-ring (bicyclic) bond motifs is 1. The number of benzene rings is 1. The average Bonchev–Trinajstić information content (AvgIpc) is 2.94. The number of aryl methyl sites for hydroxylation is 1. The number of hydrogen-bond donors (Lipinski definition) is 1. The zero-order valence-electron chi connectivity index (χ0n) is 12.1. The van der Waals surface area contributed by atoms with Gasteiger partial charge in [0.15, 0.2) is 0 Å². The molecule has 3 rings (SSSR count). The van der Waals surface area contributed by atoms with Gasteiger partial charge in [-0.25, -0.2) is 0 Å². The molecule has 0 spiro atoms. The fourth-order valence-corrected chi connectivity index (χ4v) is 3.61. The minimum Gasteiger partial charge on any atom is -0.369 e. The smallest absolute Gasteiger partial charge is 0.0401 e. The molecule has 2 nitrogen and oxygen atoms in total. The Kier molecular flexibility index (Phi) is 4.07. The van der Waals surface area contributed by atoms with Crippen LogP contribution >= 0.6 is 0 Å². The molecule has 1 saturated heterocycles. The molecule has 1 aromatic rings. The van der Waals surface area contributed by atoms with Gasteiger partial charge in [-0.05, 0) is 63.6 Å². The van der Waals surface area contributed by atoms with Crippen LogP contribution in [0.1, 0.15) is 44.6 Å². The summed E-state index contributed by atoms with van der Waals surface area (Å²) in [5.41, 5.74) is 3.03. The van der Waals surface area contributed by atoms with Crippen molar-refractivity contribution in [3.05, 3.63) is 29.8 Å². The second-order valence-electron chi connectivity index (χ2n) is 6.15. The Morgan fingerprint density at radius 1 is 1.26 bits per heavy atom. The van der Waals surface area contributed by atoms with Gasteiger partial charge >= 0.3 is 0 Å². The number of anilines is 1. The minimum atomic E-state index is 0.700. The average molecular weight is 258 g/mol. The Bertz CT molecular complexity index is 409. The molecular formula is C17H26N2. The van der Waals surface area contributed by atoms with Crippen molar-refractivity contribution in [3.63, 3.8) is 0 Å². The first kappa shape index (κ1) is 13.0. The molecule has 2 unspecified atom stereocenters. The summed E-state index contributed by atoms with van der Waals surface area (Å²) >= 11 is 0. The Labute approximate surface area is 117 Å². The molecule has 2 heterocycles. The first-order chi connectivity index (χ1) is 9.34. The summed E-state index contributed by atoms with van der Waals surface area (Å²) < 4.78 is 0.